The zero-order chi connectivity index (χ0) is 10.3. The van der Waals surface area contributed by atoms with Crippen molar-refractivity contribution in [2.45, 2.75) is 25.7 Å². The van der Waals surface area contributed by atoms with Crippen LogP contribution in [0, 0.1) is 5.92 Å². The van der Waals surface area contributed by atoms with Crippen LogP contribution >= 0.6 is 0 Å². The first-order valence-electron chi connectivity index (χ1n) is 4.13. The summed E-state index contributed by atoms with van der Waals surface area (Å²) in [6.45, 7) is -0.177. The second-order valence-corrected chi connectivity index (χ2v) is 2.83. The summed E-state index contributed by atoms with van der Waals surface area (Å²) in [5, 5.41) is 25.4. The lowest BCUT2D eigenvalue weighted by atomic mass is 9.99. The van der Waals surface area contributed by atoms with Crippen LogP contribution in [0.5, 0.6) is 0 Å². The van der Waals surface area contributed by atoms with Crippen LogP contribution in [-0.2, 0) is 9.59 Å². The van der Waals surface area contributed by atoms with Crippen LogP contribution < -0.4 is 0 Å². The summed E-state index contributed by atoms with van der Waals surface area (Å²) in [5.41, 5.74) is 0. The third-order valence-corrected chi connectivity index (χ3v) is 1.77. The van der Waals surface area contributed by atoms with E-state index in [1.807, 2.05) is 0 Å². The maximum atomic E-state index is 10.5. The molecule has 0 aliphatic rings. The normalized spacial score (nSPS) is 12.4. The lowest BCUT2D eigenvalue weighted by molar-refractivity contribution is -0.143. The van der Waals surface area contributed by atoms with Crippen LogP contribution in [0.1, 0.15) is 25.7 Å². The van der Waals surface area contributed by atoms with E-state index in [0.717, 1.165) is 0 Å². The first kappa shape index (κ1) is 11.9. The molecule has 0 bridgehead atoms. The van der Waals surface area contributed by atoms with Gasteiger partial charge in [0.2, 0.25) is 0 Å². The molecule has 76 valence electrons. The van der Waals surface area contributed by atoms with Crippen molar-refractivity contribution in [2.24, 2.45) is 5.92 Å². The van der Waals surface area contributed by atoms with Gasteiger partial charge in [-0.15, -0.1) is 0 Å². The van der Waals surface area contributed by atoms with Crippen LogP contribution in [0.4, 0.5) is 0 Å². The zero-order valence-electron chi connectivity index (χ0n) is 7.27. The number of aliphatic hydroxyl groups excluding tert-OH is 1. The minimum absolute atomic E-state index is 0.0186. The Morgan fingerprint density at radius 2 is 1.77 bits per heavy atom. The van der Waals surface area contributed by atoms with Gasteiger partial charge in [-0.1, -0.05) is 0 Å². The average molecular weight is 190 g/mol. The molecule has 0 fully saturated rings. The number of carboxylic acid groups (broad SMARTS) is 2. The fourth-order valence-corrected chi connectivity index (χ4v) is 1.05. The van der Waals surface area contributed by atoms with Crippen LogP contribution in [0.2, 0.25) is 0 Å². The fourth-order valence-electron chi connectivity index (χ4n) is 1.05. The van der Waals surface area contributed by atoms with Gasteiger partial charge < -0.3 is 15.3 Å². The first-order chi connectivity index (χ1) is 6.07. The molecule has 0 amide bonds. The third kappa shape index (κ3) is 6.10. The number of carbonyl (C=O) groups is 2. The molecule has 0 radical (unpaired) electrons. The highest BCUT2D eigenvalue weighted by molar-refractivity contribution is 5.70. The van der Waals surface area contributed by atoms with Crippen molar-refractivity contribution in [1.82, 2.24) is 0 Å². The highest BCUT2D eigenvalue weighted by Gasteiger charge is 2.16. The van der Waals surface area contributed by atoms with Gasteiger partial charge in [-0.25, -0.2) is 0 Å². The van der Waals surface area contributed by atoms with Crippen molar-refractivity contribution >= 4 is 11.9 Å². The summed E-state index contributed by atoms with van der Waals surface area (Å²) >= 11 is 0. The van der Waals surface area contributed by atoms with Gasteiger partial charge in [0.05, 0.1) is 5.92 Å². The maximum Gasteiger partial charge on any atom is 0.306 e. The standard InChI is InChI=1S/C8H14O5/c9-5-4-6(8(12)13)2-1-3-7(10)11/h6,9H,1-5H2,(H,10,11)(H,12,13). The molecule has 0 heterocycles. The monoisotopic (exact) mass is 190 g/mol. The summed E-state index contributed by atoms with van der Waals surface area (Å²) in [4.78, 5) is 20.6. The maximum absolute atomic E-state index is 10.5. The fraction of sp³-hybridized carbons (Fsp3) is 0.750. The molecule has 0 aromatic carbocycles. The van der Waals surface area contributed by atoms with E-state index in [1.54, 1.807) is 0 Å². The van der Waals surface area contributed by atoms with E-state index in [1.165, 1.54) is 0 Å². The first-order valence-corrected chi connectivity index (χ1v) is 4.13. The summed E-state index contributed by atoms with van der Waals surface area (Å²) in [7, 11) is 0. The number of hydrogen-bond acceptors (Lipinski definition) is 3. The molecule has 0 aromatic heterocycles. The van der Waals surface area contributed by atoms with Crippen molar-refractivity contribution in [3.63, 3.8) is 0 Å². The lowest BCUT2D eigenvalue weighted by Crippen LogP contribution is -2.15. The second kappa shape index (κ2) is 6.42. The predicted molar refractivity (Wildman–Crippen MR) is 44.3 cm³/mol. The van der Waals surface area contributed by atoms with Crippen molar-refractivity contribution in [1.29, 1.82) is 0 Å². The van der Waals surface area contributed by atoms with Gasteiger partial charge in [-0.05, 0) is 19.3 Å². The van der Waals surface area contributed by atoms with Crippen LogP contribution in [-0.4, -0.2) is 33.9 Å². The van der Waals surface area contributed by atoms with E-state index in [0.29, 0.717) is 12.8 Å². The lowest BCUT2D eigenvalue weighted by Gasteiger charge is -2.08. The minimum Gasteiger partial charge on any atom is -0.481 e. The molecule has 0 saturated carbocycles. The SMILES string of the molecule is O=C(O)CCCC(CCO)C(=O)O. The van der Waals surface area contributed by atoms with Gasteiger partial charge in [-0.2, -0.15) is 0 Å². The van der Waals surface area contributed by atoms with E-state index < -0.39 is 17.9 Å². The van der Waals surface area contributed by atoms with E-state index in [2.05, 4.69) is 0 Å². The molecule has 5 heteroatoms. The quantitative estimate of drug-likeness (QED) is 0.537. The number of carboxylic acids is 2. The number of hydrogen-bond donors (Lipinski definition) is 3. The largest absolute Gasteiger partial charge is 0.481 e. The molecule has 0 aliphatic heterocycles. The third-order valence-electron chi connectivity index (χ3n) is 1.77. The molecule has 13 heavy (non-hydrogen) atoms. The molecule has 0 aliphatic carbocycles. The summed E-state index contributed by atoms with van der Waals surface area (Å²) < 4.78 is 0. The van der Waals surface area contributed by atoms with Crippen LogP contribution in [0.3, 0.4) is 0 Å². The Kier molecular flexibility index (Phi) is 5.88. The van der Waals surface area contributed by atoms with Gasteiger partial charge in [0, 0.05) is 13.0 Å². The molecule has 0 rings (SSSR count). The van der Waals surface area contributed by atoms with Crippen molar-refractivity contribution < 1.29 is 24.9 Å². The molecule has 0 spiro atoms. The van der Waals surface area contributed by atoms with Gasteiger partial charge in [0.25, 0.3) is 0 Å². The Hall–Kier alpha value is -1.10. The molecular formula is C8H14O5. The van der Waals surface area contributed by atoms with Gasteiger partial charge in [-0.3, -0.25) is 9.59 Å². The molecule has 0 saturated heterocycles. The molecular weight excluding hydrogens is 176 g/mol. The molecule has 3 N–H and O–H groups in total. The molecule has 1 atom stereocenters. The Balaban J connectivity index is 3.69. The van der Waals surface area contributed by atoms with Gasteiger partial charge in [0.1, 0.15) is 0 Å². The van der Waals surface area contributed by atoms with Crippen LogP contribution in [0.15, 0.2) is 0 Å². The topological polar surface area (TPSA) is 94.8 Å². The Labute approximate surface area is 76.0 Å². The van der Waals surface area contributed by atoms with E-state index >= 15 is 0 Å². The summed E-state index contributed by atoms with van der Waals surface area (Å²) in [6.07, 6.45) is 0.818. The predicted octanol–water partition coefficient (Wildman–Crippen LogP) is 0.325. The van der Waals surface area contributed by atoms with Gasteiger partial charge in [0.15, 0.2) is 0 Å². The Morgan fingerprint density at radius 3 is 2.15 bits per heavy atom. The smallest absolute Gasteiger partial charge is 0.306 e. The highest BCUT2D eigenvalue weighted by Crippen LogP contribution is 2.12. The Morgan fingerprint density at radius 1 is 1.15 bits per heavy atom. The zero-order valence-corrected chi connectivity index (χ0v) is 7.27. The number of rotatable bonds is 7. The van der Waals surface area contributed by atoms with E-state index in [4.69, 9.17) is 15.3 Å². The van der Waals surface area contributed by atoms with E-state index in [-0.39, 0.29) is 19.4 Å². The van der Waals surface area contributed by atoms with Crippen molar-refractivity contribution in [2.75, 3.05) is 6.61 Å². The number of aliphatic carboxylic acids is 2. The summed E-state index contributed by atoms with van der Waals surface area (Å²) in [5.74, 6) is -2.52. The van der Waals surface area contributed by atoms with Crippen molar-refractivity contribution in [3.8, 4) is 0 Å². The Bertz CT molecular complexity index is 177. The molecule has 5 nitrogen and oxygen atoms in total. The number of aliphatic hydroxyl groups is 1. The second-order valence-electron chi connectivity index (χ2n) is 2.83. The minimum atomic E-state index is -0.973. The highest BCUT2D eigenvalue weighted by atomic mass is 16.4. The molecule has 1 unspecified atom stereocenters. The summed E-state index contributed by atoms with van der Waals surface area (Å²) in [6, 6.07) is 0. The van der Waals surface area contributed by atoms with Crippen molar-refractivity contribution in [3.05, 3.63) is 0 Å². The van der Waals surface area contributed by atoms with Crippen LogP contribution in [0.25, 0.3) is 0 Å². The van der Waals surface area contributed by atoms with E-state index in [9.17, 15) is 9.59 Å². The molecule has 0 aromatic rings. The average Bonchev–Trinajstić information content (AvgIpc) is 2.02. The van der Waals surface area contributed by atoms with Gasteiger partial charge >= 0.3 is 11.9 Å².